The summed E-state index contributed by atoms with van der Waals surface area (Å²) in [6.45, 7) is 0. The molecule has 2 heterocycles. The van der Waals surface area contributed by atoms with E-state index < -0.39 is 0 Å². The second kappa shape index (κ2) is 16.9. The fraction of sp³-hybridized carbons (Fsp3) is 0. The normalized spacial score (nSPS) is 11.5. The monoisotopic (exact) mass is 880 g/mol. The van der Waals surface area contributed by atoms with Crippen molar-refractivity contribution in [2.45, 2.75) is 0 Å². The lowest BCUT2D eigenvalue weighted by atomic mass is 9.93. The average molecular weight is 881 g/mol. The molecule has 0 N–H and O–H groups in total. The Balaban J connectivity index is 0.899. The van der Waals surface area contributed by atoms with Crippen LogP contribution in [0.3, 0.4) is 0 Å². The van der Waals surface area contributed by atoms with E-state index in [-0.39, 0.29) is 0 Å². The third-order valence-electron chi connectivity index (χ3n) is 13.6. The van der Waals surface area contributed by atoms with E-state index in [1.807, 2.05) is 12.1 Å². The highest BCUT2D eigenvalue weighted by Gasteiger charge is 2.21. The summed E-state index contributed by atoms with van der Waals surface area (Å²) in [7, 11) is 0. The minimum absolute atomic E-state index is 0.884. The molecular weight excluding hydrogens is 837 g/mol. The van der Waals surface area contributed by atoms with Crippen LogP contribution in [-0.4, -0.2) is 4.57 Å². The molecule has 0 atom stereocenters. The van der Waals surface area contributed by atoms with Crippen molar-refractivity contribution in [2.75, 3.05) is 4.90 Å². The molecule has 0 amide bonds. The van der Waals surface area contributed by atoms with E-state index >= 15 is 0 Å². The van der Waals surface area contributed by atoms with Gasteiger partial charge in [-0.1, -0.05) is 194 Å². The second-order valence-corrected chi connectivity index (χ2v) is 17.6. The van der Waals surface area contributed by atoms with Crippen molar-refractivity contribution < 1.29 is 4.42 Å². The number of anilines is 3. The van der Waals surface area contributed by atoms with Gasteiger partial charge in [0.2, 0.25) is 0 Å². The average Bonchev–Trinajstić information content (AvgIpc) is 3.98. The van der Waals surface area contributed by atoms with Crippen molar-refractivity contribution >= 4 is 60.8 Å². The molecule has 0 saturated heterocycles. The molecule has 0 saturated carbocycles. The number of furan rings is 1. The third-order valence-corrected chi connectivity index (χ3v) is 13.6. The van der Waals surface area contributed by atoms with Crippen LogP contribution < -0.4 is 4.90 Å². The van der Waals surface area contributed by atoms with E-state index in [4.69, 9.17) is 4.42 Å². The zero-order chi connectivity index (χ0) is 45.7. The molecule has 13 rings (SSSR count). The van der Waals surface area contributed by atoms with Crippen molar-refractivity contribution in [1.29, 1.82) is 0 Å². The zero-order valence-electron chi connectivity index (χ0n) is 37.7. The number of nitrogens with zero attached hydrogens (tertiary/aromatic N) is 2. The molecule has 0 fully saturated rings. The van der Waals surface area contributed by atoms with Gasteiger partial charge >= 0.3 is 0 Å². The lowest BCUT2D eigenvalue weighted by Gasteiger charge is -2.29. The van der Waals surface area contributed by atoms with E-state index in [1.54, 1.807) is 0 Å². The Labute approximate surface area is 401 Å². The van der Waals surface area contributed by atoms with Gasteiger partial charge in [0.1, 0.15) is 11.2 Å². The summed E-state index contributed by atoms with van der Waals surface area (Å²) in [5.41, 5.74) is 20.2. The summed E-state index contributed by atoms with van der Waals surface area (Å²) in [4.78, 5) is 2.41. The van der Waals surface area contributed by atoms with E-state index in [0.717, 1.165) is 72.5 Å². The molecule has 0 bridgehead atoms. The lowest BCUT2D eigenvalue weighted by Crippen LogP contribution is -2.11. The summed E-state index contributed by atoms with van der Waals surface area (Å²) in [5, 5.41) is 4.77. The molecule has 0 unspecified atom stereocenters. The van der Waals surface area contributed by atoms with E-state index in [0.29, 0.717) is 0 Å². The van der Waals surface area contributed by atoms with E-state index in [1.165, 1.54) is 49.6 Å². The molecule has 0 aliphatic heterocycles. The number of hydrogen-bond donors (Lipinski definition) is 0. The number of fused-ring (bicyclic) bond motifs is 6. The fourth-order valence-corrected chi connectivity index (χ4v) is 10.4. The summed E-state index contributed by atoms with van der Waals surface area (Å²) in [6.07, 6.45) is 0. The maximum absolute atomic E-state index is 6.36. The van der Waals surface area contributed by atoms with Crippen molar-refractivity contribution in [1.82, 2.24) is 4.57 Å². The Morgan fingerprint density at radius 2 is 0.812 bits per heavy atom. The predicted octanol–water partition coefficient (Wildman–Crippen LogP) is 18.5. The largest absolute Gasteiger partial charge is 0.456 e. The first-order valence-electron chi connectivity index (χ1n) is 23.6. The van der Waals surface area contributed by atoms with E-state index in [2.05, 4.69) is 264 Å². The molecule has 2 aromatic heterocycles. The van der Waals surface area contributed by atoms with Gasteiger partial charge in [0.05, 0.1) is 16.7 Å². The standard InChI is InChI=1S/C66H44N2O/c1-2-17-47(18-3-1)54-23-4-5-24-56(54)57-25-6-10-30-61(57)67(53-22-15-21-50(44-53)55-29-16-34-65-66(55)60-28-9-13-33-64(60)69-65)51-39-35-45(36-40-51)48-19-14-20-49(43-48)46-37-41-52(42-38-46)68-62-31-11-7-26-58(62)59-27-8-12-32-63(59)68/h1-44H. The highest BCUT2D eigenvalue weighted by atomic mass is 16.3. The van der Waals surface area contributed by atoms with Gasteiger partial charge in [0, 0.05) is 44.2 Å². The van der Waals surface area contributed by atoms with Crippen molar-refractivity contribution in [3.63, 3.8) is 0 Å². The van der Waals surface area contributed by atoms with Crippen molar-refractivity contribution in [2.24, 2.45) is 0 Å². The number of benzene rings is 11. The summed E-state index contributed by atoms with van der Waals surface area (Å²) in [5.74, 6) is 0. The maximum Gasteiger partial charge on any atom is 0.136 e. The van der Waals surface area contributed by atoms with Crippen LogP contribution in [0.5, 0.6) is 0 Å². The van der Waals surface area contributed by atoms with E-state index in [9.17, 15) is 0 Å². The Kier molecular flexibility index (Phi) is 9.84. The van der Waals surface area contributed by atoms with Crippen LogP contribution in [0, 0.1) is 0 Å². The van der Waals surface area contributed by atoms with Crippen LogP contribution in [0.25, 0.3) is 105 Å². The highest BCUT2D eigenvalue weighted by Crippen LogP contribution is 2.46. The number of hydrogen-bond acceptors (Lipinski definition) is 2. The summed E-state index contributed by atoms with van der Waals surface area (Å²) < 4.78 is 8.73. The molecule has 0 aliphatic carbocycles. The molecule has 11 aromatic carbocycles. The topological polar surface area (TPSA) is 21.3 Å². The van der Waals surface area contributed by atoms with Crippen LogP contribution in [0.15, 0.2) is 271 Å². The lowest BCUT2D eigenvalue weighted by molar-refractivity contribution is 0.669. The first-order chi connectivity index (χ1) is 34.2. The molecule has 3 heteroatoms. The van der Waals surface area contributed by atoms with Crippen LogP contribution in [0.4, 0.5) is 17.1 Å². The van der Waals surface area contributed by atoms with Gasteiger partial charge in [-0.25, -0.2) is 0 Å². The van der Waals surface area contributed by atoms with Gasteiger partial charge < -0.3 is 13.9 Å². The molecule has 324 valence electrons. The number of rotatable bonds is 9. The molecule has 0 spiro atoms. The molecular formula is C66H44N2O. The smallest absolute Gasteiger partial charge is 0.136 e. The van der Waals surface area contributed by atoms with Crippen LogP contribution in [0.1, 0.15) is 0 Å². The zero-order valence-corrected chi connectivity index (χ0v) is 37.7. The van der Waals surface area contributed by atoms with Gasteiger partial charge in [-0.05, 0) is 123 Å². The highest BCUT2D eigenvalue weighted by molar-refractivity contribution is 6.13. The Morgan fingerprint density at radius 3 is 1.55 bits per heavy atom. The Morgan fingerprint density at radius 1 is 0.290 bits per heavy atom. The van der Waals surface area contributed by atoms with Crippen molar-refractivity contribution in [3.8, 4) is 61.3 Å². The fourth-order valence-electron chi connectivity index (χ4n) is 10.4. The molecule has 13 aromatic rings. The van der Waals surface area contributed by atoms with Crippen molar-refractivity contribution in [3.05, 3.63) is 267 Å². The van der Waals surface area contributed by atoms with Gasteiger partial charge in [0.25, 0.3) is 0 Å². The molecule has 0 radical (unpaired) electrons. The number of para-hydroxylation sites is 4. The Hall–Kier alpha value is -9.18. The first kappa shape index (κ1) is 40.1. The molecule has 69 heavy (non-hydrogen) atoms. The molecule has 0 aliphatic rings. The van der Waals surface area contributed by atoms with Crippen LogP contribution in [0.2, 0.25) is 0 Å². The minimum Gasteiger partial charge on any atom is -0.456 e. The predicted molar refractivity (Wildman–Crippen MR) is 290 cm³/mol. The maximum atomic E-state index is 6.36. The number of aromatic nitrogens is 1. The minimum atomic E-state index is 0.884. The van der Waals surface area contributed by atoms with Gasteiger partial charge in [-0.2, -0.15) is 0 Å². The van der Waals surface area contributed by atoms with Gasteiger partial charge in [-0.3, -0.25) is 0 Å². The van der Waals surface area contributed by atoms with Gasteiger partial charge in [-0.15, -0.1) is 0 Å². The summed E-state index contributed by atoms with van der Waals surface area (Å²) in [6, 6.07) is 96.1. The quantitative estimate of drug-likeness (QED) is 0.144. The van der Waals surface area contributed by atoms with Crippen LogP contribution in [-0.2, 0) is 0 Å². The second-order valence-electron chi connectivity index (χ2n) is 17.6. The molecule has 3 nitrogen and oxygen atoms in total. The summed E-state index contributed by atoms with van der Waals surface area (Å²) >= 11 is 0. The van der Waals surface area contributed by atoms with Gasteiger partial charge in [0.15, 0.2) is 0 Å². The SMILES string of the molecule is c1ccc(-c2ccccc2-c2ccccc2N(c2ccc(-c3cccc(-c4ccc(-n5c6ccccc6c6ccccc65)cc4)c3)cc2)c2cccc(-c3cccc4oc5ccccc5c34)c2)cc1. The Bertz CT molecular complexity index is 3960. The first-order valence-corrected chi connectivity index (χ1v) is 23.6. The van der Waals surface area contributed by atoms with Crippen LogP contribution >= 0.6 is 0 Å². The third kappa shape index (κ3) is 7.08.